The first-order valence-electron chi connectivity index (χ1n) is 8.90. The van der Waals surface area contributed by atoms with Crippen LogP contribution in [0.5, 0.6) is 0 Å². The Balaban J connectivity index is 1.94. The van der Waals surface area contributed by atoms with Crippen molar-refractivity contribution in [3.8, 4) is 0 Å². The third-order valence-electron chi connectivity index (χ3n) is 5.38. The zero-order chi connectivity index (χ0) is 18.9. The Morgan fingerprint density at radius 3 is 2.42 bits per heavy atom. The van der Waals surface area contributed by atoms with Gasteiger partial charge in [0.1, 0.15) is 5.78 Å². The summed E-state index contributed by atoms with van der Waals surface area (Å²) in [5.41, 5.74) is -0.985. The van der Waals surface area contributed by atoms with E-state index in [1.807, 2.05) is 0 Å². The Bertz CT molecular complexity index is 770. The molecule has 0 bridgehead atoms. The van der Waals surface area contributed by atoms with Crippen LogP contribution in [0.4, 0.5) is 13.2 Å². The molecule has 1 atom stereocenters. The number of hydrogen-bond donors (Lipinski definition) is 0. The van der Waals surface area contributed by atoms with Crippen molar-refractivity contribution in [2.45, 2.75) is 62.1 Å². The lowest BCUT2D eigenvalue weighted by Crippen LogP contribution is -2.50. The number of ketones is 1. The third kappa shape index (κ3) is 3.96. The summed E-state index contributed by atoms with van der Waals surface area (Å²) in [4.78, 5) is 11.6. The summed E-state index contributed by atoms with van der Waals surface area (Å²) in [5.74, 6) is 0.115. The van der Waals surface area contributed by atoms with Crippen molar-refractivity contribution in [2.75, 3.05) is 6.54 Å². The highest BCUT2D eigenvalue weighted by Crippen LogP contribution is 2.37. The van der Waals surface area contributed by atoms with Crippen molar-refractivity contribution in [1.29, 1.82) is 0 Å². The number of halogens is 3. The van der Waals surface area contributed by atoms with E-state index in [1.165, 1.54) is 10.4 Å². The van der Waals surface area contributed by atoms with E-state index in [0.29, 0.717) is 6.07 Å². The van der Waals surface area contributed by atoms with Gasteiger partial charge < -0.3 is 0 Å². The number of alkyl halides is 3. The fraction of sp³-hybridized carbons (Fsp3) is 0.611. The maximum absolute atomic E-state index is 13.1. The molecule has 0 spiro atoms. The molecule has 0 aromatic heterocycles. The zero-order valence-corrected chi connectivity index (χ0v) is 15.2. The maximum Gasteiger partial charge on any atom is 0.416 e. The van der Waals surface area contributed by atoms with E-state index in [-0.39, 0.29) is 36.0 Å². The molecule has 144 valence electrons. The van der Waals surface area contributed by atoms with Crippen LogP contribution in [-0.2, 0) is 21.0 Å². The summed E-state index contributed by atoms with van der Waals surface area (Å²) in [6.45, 7) is 0.0403. The van der Waals surface area contributed by atoms with E-state index in [4.69, 9.17) is 0 Å². The lowest BCUT2D eigenvalue weighted by Gasteiger charge is -2.40. The Labute approximate surface area is 151 Å². The highest BCUT2D eigenvalue weighted by atomic mass is 32.2. The highest BCUT2D eigenvalue weighted by molar-refractivity contribution is 7.89. The molecule has 3 rings (SSSR count). The molecular weight excluding hydrogens is 367 g/mol. The second-order valence-electron chi connectivity index (χ2n) is 7.10. The van der Waals surface area contributed by atoms with Gasteiger partial charge in [-0.25, -0.2) is 8.42 Å². The molecule has 2 fully saturated rings. The summed E-state index contributed by atoms with van der Waals surface area (Å²) in [6.07, 6.45) is 0.451. The minimum absolute atomic E-state index is 0.0241. The van der Waals surface area contributed by atoms with Crippen molar-refractivity contribution >= 4 is 15.8 Å². The van der Waals surface area contributed by atoms with E-state index in [1.54, 1.807) is 0 Å². The third-order valence-corrected chi connectivity index (χ3v) is 7.30. The van der Waals surface area contributed by atoms with Crippen LogP contribution in [0.1, 0.15) is 50.5 Å². The summed E-state index contributed by atoms with van der Waals surface area (Å²) in [6, 6.07) is 3.40. The normalized spacial score (nSPS) is 24.0. The number of benzene rings is 1. The second kappa shape index (κ2) is 7.31. The van der Waals surface area contributed by atoms with E-state index in [9.17, 15) is 26.4 Å². The van der Waals surface area contributed by atoms with Crippen LogP contribution in [0.15, 0.2) is 29.2 Å². The number of piperidine rings is 1. The van der Waals surface area contributed by atoms with Crippen LogP contribution < -0.4 is 0 Å². The van der Waals surface area contributed by atoms with E-state index in [0.717, 1.165) is 44.2 Å². The van der Waals surface area contributed by atoms with E-state index in [2.05, 4.69) is 0 Å². The van der Waals surface area contributed by atoms with Gasteiger partial charge >= 0.3 is 6.18 Å². The molecule has 2 aliphatic rings. The Kier molecular flexibility index (Phi) is 5.44. The molecule has 1 aliphatic carbocycles. The Morgan fingerprint density at radius 2 is 1.77 bits per heavy atom. The Hall–Kier alpha value is -1.41. The number of sulfonamides is 1. The molecule has 0 radical (unpaired) electrons. The van der Waals surface area contributed by atoms with Gasteiger partial charge in [-0.2, -0.15) is 17.5 Å². The molecular formula is C18H22F3NO3S. The lowest BCUT2D eigenvalue weighted by atomic mass is 9.80. The summed E-state index contributed by atoms with van der Waals surface area (Å²) in [7, 11) is -4.09. The average Bonchev–Trinajstić information content (AvgIpc) is 2.61. The predicted molar refractivity (Wildman–Crippen MR) is 89.9 cm³/mol. The zero-order valence-electron chi connectivity index (χ0n) is 14.3. The number of carbonyl (C=O) groups is 1. The largest absolute Gasteiger partial charge is 0.416 e. The summed E-state index contributed by atoms with van der Waals surface area (Å²) < 4.78 is 66.3. The molecule has 1 saturated carbocycles. The summed E-state index contributed by atoms with van der Waals surface area (Å²) in [5, 5.41) is 0. The SMILES string of the molecule is O=C1CCN(S(=O)(=O)c2cccc(C(F)(F)F)c2)C(C2CCCCC2)C1. The first kappa shape index (κ1) is 19.4. The molecule has 0 N–H and O–H groups in total. The van der Waals surface area contributed by atoms with Crippen molar-refractivity contribution in [2.24, 2.45) is 5.92 Å². The highest BCUT2D eigenvalue weighted by Gasteiger charge is 2.41. The molecule has 1 heterocycles. The summed E-state index contributed by atoms with van der Waals surface area (Å²) >= 11 is 0. The van der Waals surface area contributed by atoms with Crippen molar-refractivity contribution in [1.82, 2.24) is 4.31 Å². The molecule has 4 nitrogen and oxygen atoms in total. The quantitative estimate of drug-likeness (QED) is 0.785. The molecule has 1 unspecified atom stereocenters. The van der Waals surface area contributed by atoms with Gasteiger partial charge in [-0.3, -0.25) is 4.79 Å². The molecule has 1 aromatic carbocycles. The average molecular weight is 389 g/mol. The van der Waals surface area contributed by atoms with Crippen molar-refractivity contribution < 1.29 is 26.4 Å². The van der Waals surface area contributed by atoms with Crippen LogP contribution in [0.3, 0.4) is 0 Å². The van der Waals surface area contributed by atoms with Gasteiger partial charge in [0.05, 0.1) is 10.5 Å². The number of Topliss-reactive ketones (excluding diaryl/α,β-unsaturated/α-hetero) is 1. The number of hydrogen-bond acceptors (Lipinski definition) is 3. The van der Waals surface area contributed by atoms with Crippen molar-refractivity contribution in [3.63, 3.8) is 0 Å². The Morgan fingerprint density at radius 1 is 1.08 bits per heavy atom. The van der Waals surface area contributed by atoms with Crippen molar-refractivity contribution in [3.05, 3.63) is 29.8 Å². The monoisotopic (exact) mass is 389 g/mol. The van der Waals surface area contributed by atoms with Gasteiger partial charge in [-0.1, -0.05) is 25.3 Å². The molecule has 1 aliphatic heterocycles. The van der Waals surface area contributed by atoms with Gasteiger partial charge in [0, 0.05) is 25.4 Å². The van der Waals surface area contributed by atoms with Gasteiger partial charge in [-0.15, -0.1) is 0 Å². The second-order valence-corrected chi connectivity index (χ2v) is 8.99. The molecule has 1 saturated heterocycles. The van der Waals surface area contributed by atoms with Crippen LogP contribution in [-0.4, -0.2) is 31.1 Å². The fourth-order valence-corrected chi connectivity index (χ4v) is 5.76. The number of rotatable bonds is 3. The van der Waals surface area contributed by atoms with Crippen LogP contribution in [0, 0.1) is 5.92 Å². The smallest absolute Gasteiger partial charge is 0.300 e. The van der Waals surface area contributed by atoms with Gasteiger partial charge in [0.15, 0.2) is 0 Å². The van der Waals surface area contributed by atoms with E-state index < -0.39 is 27.8 Å². The molecule has 8 heteroatoms. The lowest BCUT2D eigenvalue weighted by molar-refractivity contribution is -0.137. The minimum Gasteiger partial charge on any atom is -0.300 e. The predicted octanol–water partition coefficient (Wildman–Crippen LogP) is 4.01. The first-order chi connectivity index (χ1) is 12.2. The minimum atomic E-state index is -4.60. The van der Waals surface area contributed by atoms with Gasteiger partial charge in [-0.05, 0) is 37.0 Å². The number of carbonyl (C=O) groups excluding carboxylic acids is 1. The first-order valence-corrected chi connectivity index (χ1v) is 10.3. The van der Waals surface area contributed by atoms with Crippen LogP contribution in [0.2, 0.25) is 0 Å². The molecule has 0 amide bonds. The number of nitrogens with zero attached hydrogens (tertiary/aromatic N) is 1. The van der Waals surface area contributed by atoms with E-state index >= 15 is 0 Å². The van der Waals surface area contributed by atoms with Crippen LogP contribution in [0.25, 0.3) is 0 Å². The maximum atomic E-state index is 13.1. The van der Waals surface area contributed by atoms with Gasteiger partial charge in [0.2, 0.25) is 10.0 Å². The molecule has 1 aromatic rings. The standard InChI is InChI=1S/C18H22F3NO3S/c19-18(20,21)14-7-4-8-16(11-14)26(24,25)22-10-9-15(23)12-17(22)13-5-2-1-3-6-13/h4,7-8,11,13,17H,1-3,5-6,9-10,12H2. The topological polar surface area (TPSA) is 54.5 Å². The molecule has 26 heavy (non-hydrogen) atoms. The van der Waals surface area contributed by atoms with Gasteiger partial charge in [0.25, 0.3) is 0 Å². The fourth-order valence-electron chi connectivity index (χ4n) is 4.03. The van der Waals surface area contributed by atoms with Crippen LogP contribution >= 0.6 is 0 Å².